The molecule has 0 saturated carbocycles. The topological polar surface area (TPSA) is 74.0 Å². The lowest BCUT2D eigenvalue weighted by molar-refractivity contribution is 0.0655. The molecule has 1 unspecified atom stereocenters. The number of hydrogen-bond acceptors (Lipinski definition) is 5. The number of nitrogens with zero attached hydrogens (tertiary/aromatic N) is 3. The van der Waals surface area contributed by atoms with Crippen LogP contribution in [0.15, 0.2) is 40.3 Å². The third-order valence-corrected chi connectivity index (χ3v) is 5.43. The lowest BCUT2D eigenvalue weighted by Gasteiger charge is -2.23. The molecule has 3 aromatic heterocycles. The fourth-order valence-electron chi connectivity index (χ4n) is 2.28. The first-order valence-electron chi connectivity index (χ1n) is 7.78. The summed E-state index contributed by atoms with van der Waals surface area (Å²) in [6.45, 7) is 5.45. The van der Waals surface area contributed by atoms with Crippen LogP contribution in [0.3, 0.4) is 0 Å². The normalized spacial score (nSPS) is 14.7. The van der Waals surface area contributed by atoms with Crippen molar-refractivity contribution in [2.45, 2.75) is 26.0 Å². The molecule has 0 spiro atoms. The number of aliphatic imine (C=N–C) groups is 1. The molecule has 6 nitrogen and oxygen atoms in total. The highest BCUT2D eigenvalue weighted by Crippen LogP contribution is 2.24. The Balaban J connectivity index is 1.64. The zero-order valence-corrected chi connectivity index (χ0v) is 15.3. The number of nitrogens with one attached hydrogen (secondary N) is 2. The van der Waals surface area contributed by atoms with Gasteiger partial charge in [0.25, 0.3) is 0 Å². The van der Waals surface area contributed by atoms with Gasteiger partial charge in [0.1, 0.15) is 5.60 Å². The van der Waals surface area contributed by atoms with Crippen molar-refractivity contribution < 1.29 is 5.11 Å². The molecule has 3 N–H and O–H groups in total. The van der Waals surface area contributed by atoms with Crippen molar-refractivity contribution in [3.8, 4) is 0 Å². The van der Waals surface area contributed by atoms with Gasteiger partial charge < -0.3 is 15.7 Å². The number of guanidine groups is 1. The molecule has 0 radical (unpaired) electrons. The highest BCUT2D eigenvalue weighted by Gasteiger charge is 2.24. The minimum absolute atomic E-state index is 0.387. The molecule has 24 heavy (non-hydrogen) atoms. The van der Waals surface area contributed by atoms with Gasteiger partial charge in [-0.1, -0.05) is 6.07 Å². The smallest absolute Gasteiger partial charge is 0.193 e. The summed E-state index contributed by atoms with van der Waals surface area (Å²) in [6.07, 6.45) is 3.97. The number of hydrogen-bond donors (Lipinski definition) is 3. The van der Waals surface area contributed by atoms with Crippen molar-refractivity contribution >= 4 is 33.6 Å². The summed E-state index contributed by atoms with van der Waals surface area (Å²) in [5, 5.41) is 21.0. The van der Waals surface area contributed by atoms with Crippen LogP contribution in [-0.4, -0.2) is 33.5 Å². The monoisotopic (exact) mass is 363 g/mol. The second-order valence-corrected chi connectivity index (χ2v) is 7.45. The highest BCUT2D eigenvalue weighted by molar-refractivity contribution is 7.15. The Labute approximate surface area is 148 Å². The average molecular weight is 364 g/mol. The lowest BCUT2D eigenvalue weighted by Crippen LogP contribution is -2.44. The van der Waals surface area contributed by atoms with E-state index >= 15 is 0 Å². The number of rotatable bonds is 6. The molecular weight excluding hydrogens is 342 g/mol. The van der Waals surface area contributed by atoms with Crippen molar-refractivity contribution in [2.75, 3.05) is 13.1 Å². The van der Waals surface area contributed by atoms with Crippen molar-refractivity contribution in [2.24, 2.45) is 4.99 Å². The average Bonchev–Trinajstić information content (AvgIpc) is 3.26. The van der Waals surface area contributed by atoms with E-state index < -0.39 is 5.60 Å². The minimum atomic E-state index is -0.929. The minimum Gasteiger partial charge on any atom is -0.383 e. The van der Waals surface area contributed by atoms with Crippen LogP contribution < -0.4 is 10.6 Å². The lowest BCUT2D eigenvalue weighted by atomic mass is 10.1. The highest BCUT2D eigenvalue weighted by atomic mass is 32.1. The molecule has 0 aliphatic carbocycles. The van der Waals surface area contributed by atoms with E-state index in [-0.39, 0.29) is 0 Å². The summed E-state index contributed by atoms with van der Waals surface area (Å²) >= 11 is 3.15. The maximum Gasteiger partial charge on any atom is 0.193 e. The van der Waals surface area contributed by atoms with Gasteiger partial charge in [0.15, 0.2) is 10.9 Å². The molecule has 0 fully saturated rings. The number of imidazole rings is 1. The molecule has 3 heterocycles. The van der Waals surface area contributed by atoms with Crippen LogP contribution in [0.4, 0.5) is 0 Å². The second kappa shape index (κ2) is 7.33. The second-order valence-electron chi connectivity index (χ2n) is 5.62. The molecule has 3 rings (SSSR count). The third-order valence-electron chi connectivity index (χ3n) is 3.54. The van der Waals surface area contributed by atoms with Gasteiger partial charge in [-0.25, -0.2) is 9.98 Å². The predicted octanol–water partition coefficient (Wildman–Crippen LogP) is 2.42. The summed E-state index contributed by atoms with van der Waals surface area (Å²) in [4.78, 5) is 11.0. The Morgan fingerprint density at radius 2 is 2.25 bits per heavy atom. The van der Waals surface area contributed by atoms with Gasteiger partial charge in [-0.15, -0.1) is 22.7 Å². The molecule has 0 amide bonds. The summed E-state index contributed by atoms with van der Waals surface area (Å²) in [5.41, 5.74) is -0.00876. The van der Waals surface area contributed by atoms with Gasteiger partial charge >= 0.3 is 0 Å². The van der Waals surface area contributed by atoms with Crippen molar-refractivity contribution in [1.29, 1.82) is 0 Å². The number of thiophene rings is 1. The van der Waals surface area contributed by atoms with Gasteiger partial charge in [-0.2, -0.15) is 0 Å². The molecule has 128 valence electrons. The molecule has 0 aliphatic rings. The van der Waals surface area contributed by atoms with Gasteiger partial charge in [0.05, 0.1) is 18.8 Å². The van der Waals surface area contributed by atoms with Crippen LogP contribution in [0.25, 0.3) is 4.96 Å². The molecule has 0 saturated heterocycles. The first-order valence-corrected chi connectivity index (χ1v) is 9.54. The van der Waals surface area contributed by atoms with E-state index in [0.717, 1.165) is 22.1 Å². The Morgan fingerprint density at radius 1 is 1.38 bits per heavy atom. The van der Waals surface area contributed by atoms with Gasteiger partial charge in [-0.05, 0) is 25.3 Å². The van der Waals surface area contributed by atoms with Crippen LogP contribution in [0, 0.1) is 0 Å². The first-order chi connectivity index (χ1) is 11.6. The van der Waals surface area contributed by atoms with Gasteiger partial charge in [0, 0.05) is 29.2 Å². The molecule has 0 aliphatic heterocycles. The molecular formula is C16H21N5OS2. The molecule has 0 aromatic carbocycles. The Morgan fingerprint density at radius 3 is 2.96 bits per heavy atom. The van der Waals surface area contributed by atoms with Crippen LogP contribution >= 0.6 is 22.7 Å². The quantitative estimate of drug-likeness (QED) is 0.464. The maximum absolute atomic E-state index is 10.6. The van der Waals surface area contributed by atoms with Crippen molar-refractivity contribution in [3.63, 3.8) is 0 Å². The predicted molar refractivity (Wildman–Crippen MR) is 99.8 cm³/mol. The largest absolute Gasteiger partial charge is 0.383 e. The fraction of sp³-hybridized carbons (Fsp3) is 0.375. The van der Waals surface area contributed by atoms with E-state index in [9.17, 15) is 5.11 Å². The number of aromatic nitrogens is 2. The van der Waals surface area contributed by atoms with E-state index in [1.807, 2.05) is 46.6 Å². The van der Waals surface area contributed by atoms with E-state index in [1.54, 1.807) is 29.6 Å². The molecule has 0 bridgehead atoms. The first kappa shape index (κ1) is 16.9. The number of fused-ring (bicyclic) bond motifs is 1. The summed E-state index contributed by atoms with van der Waals surface area (Å²) < 4.78 is 2.00. The standard InChI is InChI=1S/C16H21N5OS2/c1-3-17-14(19-11-16(2,22)13-5-4-7-23-13)18-9-12-10-21-6-8-24-15(21)20-12/h4-8,10,22H,3,9,11H2,1-2H3,(H2,17,18,19). The van der Waals surface area contributed by atoms with Crippen LogP contribution in [0.2, 0.25) is 0 Å². The summed E-state index contributed by atoms with van der Waals surface area (Å²) in [5.74, 6) is 0.672. The van der Waals surface area contributed by atoms with Gasteiger partial charge in [-0.3, -0.25) is 4.40 Å². The molecule has 8 heteroatoms. The Hall–Kier alpha value is -1.90. The molecule has 1 atom stereocenters. The van der Waals surface area contributed by atoms with Crippen molar-refractivity contribution in [3.05, 3.63) is 45.9 Å². The SMILES string of the molecule is CCNC(=NCc1cn2ccsc2n1)NCC(C)(O)c1cccs1. The Kier molecular flexibility index (Phi) is 5.17. The Bertz CT molecular complexity index is 775. The molecule has 3 aromatic rings. The van der Waals surface area contributed by atoms with Crippen LogP contribution in [0.1, 0.15) is 24.4 Å². The maximum atomic E-state index is 10.6. The fourth-order valence-corrected chi connectivity index (χ4v) is 3.79. The van der Waals surface area contributed by atoms with E-state index in [4.69, 9.17) is 0 Å². The zero-order chi connectivity index (χ0) is 17.0. The van der Waals surface area contributed by atoms with E-state index in [1.165, 1.54) is 0 Å². The van der Waals surface area contributed by atoms with Crippen molar-refractivity contribution in [1.82, 2.24) is 20.0 Å². The van der Waals surface area contributed by atoms with Gasteiger partial charge in [0.2, 0.25) is 0 Å². The van der Waals surface area contributed by atoms with Crippen LogP contribution in [-0.2, 0) is 12.1 Å². The zero-order valence-electron chi connectivity index (χ0n) is 13.7. The summed E-state index contributed by atoms with van der Waals surface area (Å²) in [7, 11) is 0. The van der Waals surface area contributed by atoms with E-state index in [0.29, 0.717) is 19.0 Å². The third kappa shape index (κ3) is 3.95. The van der Waals surface area contributed by atoms with E-state index in [2.05, 4.69) is 20.6 Å². The summed E-state index contributed by atoms with van der Waals surface area (Å²) in [6, 6.07) is 3.88. The van der Waals surface area contributed by atoms with Crippen LogP contribution in [0.5, 0.6) is 0 Å². The number of thiazole rings is 1. The number of aliphatic hydroxyl groups is 1.